The summed E-state index contributed by atoms with van der Waals surface area (Å²) in [4.78, 5) is 12.2. The molecule has 0 unspecified atom stereocenters. The van der Waals surface area contributed by atoms with E-state index in [1.54, 1.807) is 12.1 Å². The molecule has 0 aromatic heterocycles. The van der Waals surface area contributed by atoms with Gasteiger partial charge in [0, 0.05) is 5.69 Å². The van der Waals surface area contributed by atoms with Gasteiger partial charge in [-0.05, 0) is 36.1 Å². The van der Waals surface area contributed by atoms with Crippen LogP contribution in [0.3, 0.4) is 0 Å². The van der Waals surface area contributed by atoms with Crippen LogP contribution in [0.15, 0.2) is 42.5 Å². The van der Waals surface area contributed by atoms with E-state index in [0.29, 0.717) is 0 Å². The fraction of sp³-hybridized carbons (Fsp3) is 0.235. The van der Waals surface area contributed by atoms with E-state index in [1.807, 2.05) is 25.1 Å². The number of aryl methyl sites for hydroxylation is 1. The Morgan fingerprint density at radius 1 is 1.10 bits per heavy atom. The molecule has 0 heterocycles. The van der Waals surface area contributed by atoms with E-state index in [2.05, 4.69) is 19.2 Å². The third-order valence-corrected chi connectivity index (χ3v) is 3.28. The molecule has 2 aromatic carbocycles. The first kappa shape index (κ1) is 14.3. The van der Waals surface area contributed by atoms with Gasteiger partial charge >= 0.3 is 0 Å². The summed E-state index contributed by atoms with van der Waals surface area (Å²) >= 11 is 0. The van der Waals surface area contributed by atoms with Crippen LogP contribution in [0.5, 0.6) is 0 Å². The van der Waals surface area contributed by atoms with Gasteiger partial charge < -0.3 is 5.32 Å². The first-order valence-corrected chi connectivity index (χ1v) is 6.66. The Hall–Kier alpha value is -2.16. The summed E-state index contributed by atoms with van der Waals surface area (Å²) in [7, 11) is 0. The molecular formula is C17H18FNO. The van der Waals surface area contributed by atoms with E-state index in [0.717, 1.165) is 16.8 Å². The van der Waals surface area contributed by atoms with E-state index < -0.39 is 11.7 Å². The van der Waals surface area contributed by atoms with Gasteiger partial charge in [0.2, 0.25) is 0 Å². The highest BCUT2D eigenvalue weighted by Crippen LogP contribution is 2.28. The van der Waals surface area contributed by atoms with E-state index in [4.69, 9.17) is 0 Å². The average molecular weight is 271 g/mol. The van der Waals surface area contributed by atoms with Crippen LogP contribution < -0.4 is 5.32 Å². The minimum Gasteiger partial charge on any atom is -0.321 e. The lowest BCUT2D eigenvalue weighted by molar-refractivity contribution is 0.102. The number of para-hydroxylation sites is 1. The highest BCUT2D eigenvalue weighted by atomic mass is 19.1. The first-order chi connectivity index (χ1) is 9.50. The van der Waals surface area contributed by atoms with Crippen molar-refractivity contribution in [3.8, 4) is 0 Å². The lowest BCUT2D eigenvalue weighted by atomic mass is 9.98. The number of rotatable bonds is 3. The van der Waals surface area contributed by atoms with Crippen LogP contribution >= 0.6 is 0 Å². The van der Waals surface area contributed by atoms with Gasteiger partial charge in [-0.1, -0.05) is 44.2 Å². The molecule has 0 atom stereocenters. The Morgan fingerprint density at radius 2 is 1.80 bits per heavy atom. The highest BCUT2D eigenvalue weighted by Gasteiger charge is 2.15. The van der Waals surface area contributed by atoms with Crippen molar-refractivity contribution in [3.05, 3.63) is 65.0 Å². The van der Waals surface area contributed by atoms with Crippen molar-refractivity contribution < 1.29 is 9.18 Å². The molecule has 2 nitrogen and oxygen atoms in total. The normalized spacial score (nSPS) is 10.7. The summed E-state index contributed by atoms with van der Waals surface area (Å²) in [5, 5.41) is 2.84. The summed E-state index contributed by atoms with van der Waals surface area (Å²) in [5.74, 6) is -0.644. The number of nitrogens with one attached hydrogen (secondary N) is 1. The second-order valence-electron chi connectivity index (χ2n) is 5.13. The van der Waals surface area contributed by atoms with Crippen molar-refractivity contribution >= 4 is 11.6 Å². The molecule has 0 radical (unpaired) electrons. The smallest absolute Gasteiger partial charge is 0.258 e. The quantitative estimate of drug-likeness (QED) is 0.874. The lowest BCUT2D eigenvalue weighted by Gasteiger charge is -2.16. The second kappa shape index (κ2) is 5.87. The van der Waals surface area contributed by atoms with Crippen molar-refractivity contribution in [1.82, 2.24) is 0 Å². The van der Waals surface area contributed by atoms with Crippen LogP contribution in [-0.2, 0) is 0 Å². The van der Waals surface area contributed by atoms with E-state index in [9.17, 15) is 9.18 Å². The molecule has 0 aliphatic rings. The molecule has 2 rings (SSSR count). The van der Waals surface area contributed by atoms with Gasteiger partial charge in [0.25, 0.3) is 5.91 Å². The molecule has 3 heteroatoms. The summed E-state index contributed by atoms with van der Waals surface area (Å²) in [6, 6.07) is 11.9. The van der Waals surface area contributed by atoms with Crippen molar-refractivity contribution in [2.45, 2.75) is 26.7 Å². The summed E-state index contributed by atoms with van der Waals surface area (Å²) in [6.07, 6.45) is 0. The molecule has 0 aliphatic heterocycles. The van der Waals surface area contributed by atoms with Gasteiger partial charge in [-0.2, -0.15) is 0 Å². The zero-order valence-electron chi connectivity index (χ0n) is 11.9. The zero-order valence-corrected chi connectivity index (χ0v) is 11.9. The fourth-order valence-corrected chi connectivity index (χ4v) is 2.17. The average Bonchev–Trinajstić information content (AvgIpc) is 2.41. The Balaban J connectivity index is 2.36. The topological polar surface area (TPSA) is 29.1 Å². The van der Waals surface area contributed by atoms with Crippen molar-refractivity contribution in [3.63, 3.8) is 0 Å². The van der Waals surface area contributed by atoms with Gasteiger partial charge in [-0.15, -0.1) is 0 Å². The number of amides is 1. The highest BCUT2D eigenvalue weighted by molar-refractivity contribution is 6.05. The fourth-order valence-electron chi connectivity index (χ4n) is 2.17. The Kier molecular flexibility index (Phi) is 4.18. The van der Waals surface area contributed by atoms with Gasteiger partial charge in [-0.25, -0.2) is 4.39 Å². The lowest BCUT2D eigenvalue weighted by Crippen LogP contribution is -2.16. The number of anilines is 1. The van der Waals surface area contributed by atoms with Crippen LogP contribution in [-0.4, -0.2) is 5.91 Å². The third-order valence-electron chi connectivity index (χ3n) is 3.28. The number of hydrogen-bond donors (Lipinski definition) is 1. The van der Waals surface area contributed by atoms with E-state index >= 15 is 0 Å². The van der Waals surface area contributed by atoms with Gasteiger partial charge in [0.1, 0.15) is 5.82 Å². The maximum Gasteiger partial charge on any atom is 0.258 e. The van der Waals surface area contributed by atoms with E-state index in [-0.39, 0.29) is 11.5 Å². The van der Waals surface area contributed by atoms with Gasteiger partial charge in [0.05, 0.1) is 5.56 Å². The molecule has 0 saturated heterocycles. The van der Waals surface area contributed by atoms with Crippen LogP contribution in [0.2, 0.25) is 0 Å². The SMILES string of the molecule is Cc1cccc(C(C)C)c1NC(=O)c1ccccc1F. The number of carbonyl (C=O) groups excluding carboxylic acids is 1. The van der Waals surface area contributed by atoms with Crippen molar-refractivity contribution in [1.29, 1.82) is 0 Å². The maximum atomic E-state index is 13.6. The molecule has 1 amide bonds. The second-order valence-corrected chi connectivity index (χ2v) is 5.13. The molecule has 0 bridgehead atoms. The molecule has 104 valence electrons. The maximum absolute atomic E-state index is 13.6. The molecule has 0 fully saturated rings. The predicted octanol–water partition coefficient (Wildman–Crippen LogP) is 4.51. The third kappa shape index (κ3) is 2.87. The Labute approximate surface area is 118 Å². The summed E-state index contributed by atoms with van der Waals surface area (Å²) in [5.41, 5.74) is 2.86. The molecule has 20 heavy (non-hydrogen) atoms. The number of halogens is 1. The molecular weight excluding hydrogens is 253 g/mol. The van der Waals surface area contributed by atoms with Crippen LogP contribution in [0.25, 0.3) is 0 Å². The number of carbonyl (C=O) groups is 1. The van der Waals surface area contributed by atoms with Gasteiger partial charge in [-0.3, -0.25) is 4.79 Å². The van der Waals surface area contributed by atoms with E-state index in [1.165, 1.54) is 12.1 Å². The monoisotopic (exact) mass is 271 g/mol. The Bertz CT molecular complexity index is 635. The van der Waals surface area contributed by atoms with Gasteiger partial charge in [0.15, 0.2) is 0 Å². The molecule has 0 aliphatic carbocycles. The van der Waals surface area contributed by atoms with Crippen molar-refractivity contribution in [2.24, 2.45) is 0 Å². The molecule has 0 saturated carbocycles. The molecule has 2 aromatic rings. The van der Waals surface area contributed by atoms with Crippen LogP contribution in [0.4, 0.5) is 10.1 Å². The number of hydrogen-bond acceptors (Lipinski definition) is 1. The standard InChI is InChI=1S/C17H18FNO/c1-11(2)13-9-6-7-12(3)16(13)19-17(20)14-8-4-5-10-15(14)18/h4-11H,1-3H3,(H,19,20). The van der Waals surface area contributed by atoms with Crippen molar-refractivity contribution in [2.75, 3.05) is 5.32 Å². The zero-order chi connectivity index (χ0) is 14.7. The van der Waals surface area contributed by atoms with Crippen LogP contribution in [0.1, 0.15) is 41.3 Å². The summed E-state index contributed by atoms with van der Waals surface area (Å²) in [6.45, 7) is 6.06. The number of benzene rings is 2. The largest absolute Gasteiger partial charge is 0.321 e. The molecule has 0 spiro atoms. The van der Waals surface area contributed by atoms with Crippen LogP contribution in [0, 0.1) is 12.7 Å². The Morgan fingerprint density at radius 3 is 2.45 bits per heavy atom. The molecule has 1 N–H and O–H groups in total. The summed E-state index contributed by atoms with van der Waals surface area (Å²) < 4.78 is 13.6. The minimum absolute atomic E-state index is 0.0606. The first-order valence-electron chi connectivity index (χ1n) is 6.66. The predicted molar refractivity (Wildman–Crippen MR) is 79.6 cm³/mol. The minimum atomic E-state index is -0.510.